The van der Waals surface area contributed by atoms with Crippen molar-refractivity contribution in [2.75, 3.05) is 7.05 Å². The molecule has 0 spiro atoms. The molecule has 0 aliphatic heterocycles. The molecule has 0 aromatic rings. The predicted molar refractivity (Wildman–Crippen MR) is 16.5 cm³/mol. The fraction of sp³-hybridized carbons (Fsp3) is 1.00. The van der Waals surface area contributed by atoms with Gasteiger partial charge in [-0.05, 0) is 0 Å². The van der Waals surface area contributed by atoms with Crippen LogP contribution in [0.4, 0.5) is 0 Å². The molecule has 0 saturated heterocycles. The third-order valence-electron chi connectivity index (χ3n) is 0.115. The van der Waals surface area contributed by atoms with Crippen LogP contribution in [-0.4, -0.2) is 15.0 Å². The fourth-order valence-electron chi connectivity index (χ4n) is 0. The Morgan fingerprint density at radius 2 is 2.00 bits per heavy atom. The van der Waals surface area contributed by atoms with Crippen molar-refractivity contribution in [3.63, 3.8) is 0 Å². The van der Waals surface area contributed by atoms with Gasteiger partial charge in [0.1, 0.15) is 0 Å². The fourth-order valence-corrected chi connectivity index (χ4v) is 0. The normalized spacial score (nSPS) is 9.25. The van der Waals surface area contributed by atoms with E-state index in [0.717, 1.165) is 0 Å². The van der Waals surface area contributed by atoms with Gasteiger partial charge >= 0.3 is 0 Å². The Morgan fingerprint density at radius 3 is 2.00 bits per heavy atom. The number of rotatable bonds is 0. The van der Waals surface area contributed by atoms with Crippen LogP contribution in [0.25, 0.3) is 0 Å². The molecule has 3 heteroatoms. The summed E-state index contributed by atoms with van der Waals surface area (Å²) in [7, 11) is 6.00. The third-order valence-corrected chi connectivity index (χ3v) is 0.115. The van der Waals surface area contributed by atoms with Gasteiger partial charge < -0.3 is 0 Å². The maximum absolute atomic E-state index is 4.49. The van der Waals surface area contributed by atoms with Crippen molar-refractivity contribution in [2.24, 2.45) is 10.1 Å². The van der Waals surface area contributed by atoms with Crippen LogP contribution in [0.15, 0.2) is 10.1 Å². The molecule has 2 radical (unpaired) electrons. The number of nitrogens with zero attached hydrogens (tertiary/aromatic N) is 2. The van der Waals surface area contributed by atoms with E-state index in [0.29, 0.717) is 0 Å². The van der Waals surface area contributed by atoms with Crippen LogP contribution in [0.5, 0.6) is 0 Å². The minimum atomic E-state index is 1.51. The Morgan fingerprint density at radius 1 is 1.75 bits per heavy atom. The molecule has 0 aliphatic carbocycles. The summed E-state index contributed by atoms with van der Waals surface area (Å²) in [5, 5.41) is 6.00. The first-order chi connectivity index (χ1) is 1.91. The molecule has 0 aromatic heterocycles. The van der Waals surface area contributed by atoms with E-state index in [1.807, 2.05) is 0 Å². The molecule has 0 rings (SSSR count). The zero-order valence-electron chi connectivity index (χ0n) is 2.47. The molecule has 2 nitrogen and oxygen atoms in total. The maximum atomic E-state index is 4.49. The van der Waals surface area contributed by atoms with E-state index in [4.69, 9.17) is 0 Å². The van der Waals surface area contributed by atoms with Crippen molar-refractivity contribution < 1.29 is 0 Å². The molecule has 20 valence electrons. The molecule has 0 amide bonds. The molecule has 0 aliphatic rings. The van der Waals surface area contributed by atoms with Crippen LogP contribution in [0.2, 0.25) is 0 Å². The molecule has 0 fully saturated rings. The summed E-state index contributed by atoms with van der Waals surface area (Å²) in [5.74, 6) is 0. The second kappa shape index (κ2) is 2.66. The second-order valence-electron chi connectivity index (χ2n) is 0.315. The molecule has 0 bridgehead atoms. The Labute approximate surface area is 26.4 Å². The summed E-state index contributed by atoms with van der Waals surface area (Å²) < 4.78 is 0. The summed E-state index contributed by atoms with van der Waals surface area (Å²) in [6, 6.07) is 0. The molecule has 0 unspecified atom stereocenters. The van der Waals surface area contributed by atoms with Crippen molar-refractivity contribution in [3.8, 4) is 0 Å². The summed E-state index contributed by atoms with van der Waals surface area (Å²) in [6.45, 7) is 0. The van der Waals surface area contributed by atoms with Gasteiger partial charge in [-0.15, -0.1) is 0 Å². The van der Waals surface area contributed by atoms with Crippen molar-refractivity contribution in [2.45, 2.75) is 0 Å². The average molecular weight is 53.9 g/mol. The first-order valence-corrected chi connectivity index (χ1v) is 0.905. The lowest BCUT2D eigenvalue weighted by molar-refractivity contribution is 1.25. The highest BCUT2D eigenvalue weighted by Gasteiger charge is 1.34. The van der Waals surface area contributed by atoms with Crippen molar-refractivity contribution in [1.82, 2.24) is 0 Å². The summed E-state index contributed by atoms with van der Waals surface area (Å²) >= 11 is 0. The van der Waals surface area contributed by atoms with Crippen molar-refractivity contribution in [3.05, 3.63) is 0 Å². The molecule has 4 heavy (non-hydrogen) atoms. The van der Waals surface area contributed by atoms with Crippen LogP contribution in [-0.2, 0) is 0 Å². The third kappa shape index (κ3) is 1.66. The van der Waals surface area contributed by atoms with E-state index in [9.17, 15) is 0 Å². The van der Waals surface area contributed by atoms with Crippen LogP contribution in [0.1, 0.15) is 0 Å². The van der Waals surface area contributed by atoms with Gasteiger partial charge in [0.15, 0.2) is 0 Å². The lowest BCUT2D eigenvalue weighted by Gasteiger charge is -1.54. The molecule has 0 aromatic carbocycles. The van der Waals surface area contributed by atoms with Gasteiger partial charge in [-0.3, -0.25) is 5.03 Å². The second-order valence-corrected chi connectivity index (χ2v) is 0.315. The maximum Gasteiger partial charge on any atom is 0.292 e. The van der Waals surface area contributed by atoms with Gasteiger partial charge in [0.2, 0.25) is 0 Å². The molecular formula is CH3BN2. The van der Waals surface area contributed by atoms with Gasteiger partial charge in [-0.25, -0.2) is 5.11 Å². The number of hydrogen-bond acceptors (Lipinski definition) is 2. The van der Waals surface area contributed by atoms with E-state index in [1.165, 1.54) is 7.05 Å². The minimum Gasteiger partial charge on any atom is -0.274 e. The zero-order valence-corrected chi connectivity index (χ0v) is 2.47. The monoisotopic (exact) mass is 54.0 g/mol. The quantitative estimate of drug-likeness (QED) is 0.278. The molecule has 0 saturated carbocycles. The first kappa shape index (κ1) is 3.66. The topological polar surface area (TPSA) is 24.7 Å². The van der Waals surface area contributed by atoms with Crippen LogP contribution in [0, 0.1) is 0 Å². The molecule has 0 heterocycles. The molecular weight excluding hydrogens is 50.8 g/mol. The van der Waals surface area contributed by atoms with Gasteiger partial charge in [-0.2, -0.15) is 0 Å². The van der Waals surface area contributed by atoms with E-state index in [2.05, 4.69) is 18.1 Å². The van der Waals surface area contributed by atoms with Crippen LogP contribution >= 0.6 is 0 Å². The SMILES string of the molecule is [B]N=NC. The molecule has 0 N–H and O–H groups in total. The number of hydrogen-bond donors (Lipinski definition) is 0. The first-order valence-electron chi connectivity index (χ1n) is 0.905. The smallest absolute Gasteiger partial charge is 0.274 e. The average Bonchev–Trinajstić information content (AvgIpc) is 1.37. The Hall–Kier alpha value is -0.335. The largest absolute Gasteiger partial charge is 0.292 e. The highest BCUT2D eigenvalue weighted by molar-refractivity contribution is 6.04. The summed E-state index contributed by atoms with van der Waals surface area (Å²) in [5.41, 5.74) is 0. The van der Waals surface area contributed by atoms with E-state index in [-0.39, 0.29) is 0 Å². The Kier molecular flexibility index (Phi) is 2.44. The van der Waals surface area contributed by atoms with Gasteiger partial charge in [0.05, 0.1) is 0 Å². The highest BCUT2D eigenvalue weighted by atomic mass is 15.0. The Bertz CT molecular complexity index is 21.2. The highest BCUT2D eigenvalue weighted by Crippen LogP contribution is 1.46. The summed E-state index contributed by atoms with van der Waals surface area (Å²) in [4.78, 5) is 0. The lowest BCUT2D eigenvalue weighted by Crippen LogP contribution is -1.42. The van der Waals surface area contributed by atoms with Crippen molar-refractivity contribution in [1.29, 1.82) is 0 Å². The minimum absolute atomic E-state index is 1.51. The van der Waals surface area contributed by atoms with Gasteiger partial charge in [0, 0.05) is 7.05 Å². The standard InChI is InChI=1S/CH3BN2/c1-3-4-2/h1H3. The predicted octanol–water partition coefficient (Wildman–Crippen LogP) is 0.152. The van der Waals surface area contributed by atoms with Crippen molar-refractivity contribution >= 4 is 7.98 Å². The van der Waals surface area contributed by atoms with Crippen LogP contribution < -0.4 is 0 Å². The van der Waals surface area contributed by atoms with E-state index >= 15 is 0 Å². The Balaban J connectivity index is 2.55. The molecule has 0 atom stereocenters. The van der Waals surface area contributed by atoms with Gasteiger partial charge in [-0.1, -0.05) is 0 Å². The lowest BCUT2D eigenvalue weighted by atomic mass is 10.5. The van der Waals surface area contributed by atoms with Gasteiger partial charge in [0.25, 0.3) is 7.98 Å². The zero-order chi connectivity index (χ0) is 3.41. The van der Waals surface area contributed by atoms with E-state index < -0.39 is 0 Å². The van der Waals surface area contributed by atoms with E-state index in [1.54, 1.807) is 0 Å². The van der Waals surface area contributed by atoms with Crippen LogP contribution in [0.3, 0.4) is 0 Å². The summed E-state index contributed by atoms with van der Waals surface area (Å²) in [6.07, 6.45) is 0.